The largest absolute Gasteiger partial charge is 0.383 e. The molecule has 7 heteroatoms. The van der Waals surface area contributed by atoms with Gasteiger partial charge in [-0.2, -0.15) is 4.98 Å². The Kier molecular flexibility index (Phi) is 4.05. The molecule has 0 unspecified atom stereocenters. The normalized spacial score (nSPS) is 12.7. The Bertz CT molecular complexity index is 547. The smallest absolute Gasteiger partial charge is 0.255 e. The van der Waals surface area contributed by atoms with E-state index in [1.807, 2.05) is 0 Å². The summed E-state index contributed by atoms with van der Waals surface area (Å²) in [6.45, 7) is 0.320. The lowest BCUT2D eigenvalue weighted by atomic mass is 10.2. The first kappa shape index (κ1) is 13.1. The maximum Gasteiger partial charge on any atom is 0.255 e. The van der Waals surface area contributed by atoms with Crippen molar-refractivity contribution in [1.82, 2.24) is 10.1 Å². The molecule has 2 aromatic rings. The number of aromatic nitrogens is 2. The number of nitrogens with two attached hydrogens (primary N) is 1. The van der Waals surface area contributed by atoms with E-state index in [0.717, 1.165) is 0 Å². The van der Waals surface area contributed by atoms with E-state index in [1.54, 1.807) is 6.07 Å². The summed E-state index contributed by atoms with van der Waals surface area (Å²) in [6.07, 6.45) is -0.533. The first-order valence-electron chi connectivity index (χ1n) is 5.29. The number of rotatable bonds is 4. The van der Waals surface area contributed by atoms with Gasteiger partial charge in [0.15, 0.2) is 0 Å². The van der Waals surface area contributed by atoms with Crippen LogP contribution in [0, 0.1) is 5.82 Å². The molecule has 2 rings (SSSR count). The molecule has 0 aliphatic carbocycles. The Morgan fingerprint density at radius 2 is 2.28 bits per heavy atom. The maximum absolute atomic E-state index is 13.1. The van der Waals surface area contributed by atoms with E-state index < -0.39 is 6.10 Å². The van der Waals surface area contributed by atoms with Gasteiger partial charge in [0, 0.05) is 5.56 Å². The maximum atomic E-state index is 13.1. The zero-order valence-corrected chi connectivity index (χ0v) is 10.9. The highest BCUT2D eigenvalue weighted by Gasteiger charge is 2.16. The van der Waals surface area contributed by atoms with Crippen molar-refractivity contribution in [2.75, 3.05) is 6.54 Å². The molecule has 3 N–H and O–H groups in total. The highest BCUT2D eigenvalue weighted by molar-refractivity contribution is 9.10. The zero-order valence-electron chi connectivity index (χ0n) is 9.31. The van der Waals surface area contributed by atoms with Crippen LogP contribution in [0.4, 0.5) is 4.39 Å². The number of benzene rings is 1. The van der Waals surface area contributed by atoms with E-state index in [9.17, 15) is 9.50 Å². The van der Waals surface area contributed by atoms with Crippen molar-refractivity contribution in [2.45, 2.75) is 12.5 Å². The van der Waals surface area contributed by atoms with Crippen molar-refractivity contribution in [3.8, 4) is 11.4 Å². The van der Waals surface area contributed by atoms with Crippen molar-refractivity contribution < 1.29 is 14.0 Å². The second kappa shape index (κ2) is 5.55. The van der Waals surface area contributed by atoms with Gasteiger partial charge in [-0.25, -0.2) is 4.39 Å². The Balaban J connectivity index is 2.26. The molecular weight excluding hydrogens is 305 g/mol. The van der Waals surface area contributed by atoms with E-state index in [1.165, 1.54) is 12.1 Å². The standard InChI is InChI=1S/C11H11BrFN3O2/c12-7-5-6(1-2-8(7)13)10-15-11(18-16-10)9(17)3-4-14/h1-2,5,9,17H,3-4,14H2/t9-/m0/s1. The second-order valence-corrected chi connectivity index (χ2v) is 4.53. The molecule has 5 nitrogen and oxygen atoms in total. The summed E-state index contributed by atoms with van der Waals surface area (Å²) in [6, 6.07) is 4.37. The molecule has 0 aliphatic heterocycles. The van der Waals surface area contributed by atoms with Crippen LogP contribution in [0.15, 0.2) is 27.2 Å². The van der Waals surface area contributed by atoms with E-state index in [4.69, 9.17) is 10.3 Å². The monoisotopic (exact) mass is 315 g/mol. The van der Waals surface area contributed by atoms with Gasteiger partial charge in [-0.15, -0.1) is 0 Å². The van der Waals surface area contributed by atoms with Crippen LogP contribution in [0.1, 0.15) is 18.4 Å². The molecule has 0 amide bonds. The summed E-state index contributed by atoms with van der Waals surface area (Å²) in [5.74, 6) is 0.0308. The number of nitrogens with zero attached hydrogens (tertiary/aromatic N) is 2. The van der Waals surface area contributed by atoms with Crippen LogP contribution in [-0.2, 0) is 0 Å². The predicted octanol–water partition coefficient (Wildman–Crippen LogP) is 2.02. The summed E-state index contributed by atoms with van der Waals surface area (Å²) in [7, 11) is 0. The van der Waals surface area contributed by atoms with E-state index in [-0.39, 0.29) is 11.7 Å². The van der Waals surface area contributed by atoms with E-state index in [0.29, 0.717) is 28.8 Å². The lowest BCUT2D eigenvalue weighted by molar-refractivity contribution is 0.127. The molecule has 0 fully saturated rings. The molecule has 0 saturated carbocycles. The first-order valence-corrected chi connectivity index (χ1v) is 6.08. The van der Waals surface area contributed by atoms with Gasteiger partial charge in [0.1, 0.15) is 11.9 Å². The number of halogens is 2. The van der Waals surface area contributed by atoms with Gasteiger partial charge in [0.25, 0.3) is 5.89 Å². The minimum absolute atomic E-state index is 0.107. The van der Waals surface area contributed by atoms with Gasteiger partial charge in [-0.3, -0.25) is 0 Å². The van der Waals surface area contributed by atoms with Gasteiger partial charge >= 0.3 is 0 Å². The third-order valence-corrected chi connectivity index (χ3v) is 2.95. The molecule has 18 heavy (non-hydrogen) atoms. The lowest BCUT2D eigenvalue weighted by Gasteiger charge is -2.01. The third-order valence-electron chi connectivity index (χ3n) is 2.34. The van der Waals surface area contributed by atoms with Crippen LogP contribution < -0.4 is 5.73 Å². The van der Waals surface area contributed by atoms with Crippen molar-refractivity contribution >= 4 is 15.9 Å². The van der Waals surface area contributed by atoms with Crippen molar-refractivity contribution in [3.63, 3.8) is 0 Å². The highest BCUT2D eigenvalue weighted by atomic mass is 79.9. The zero-order chi connectivity index (χ0) is 13.1. The Labute approximate surface area is 111 Å². The SMILES string of the molecule is NCC[C@H](O)c1nc(-c2ccc(F)c(Br)c2)no1. The Hall–Kier alpha value is -1.31. The van der Waals surface area contributed by atoms with Crippen LogP contribution in [0.3, 0.4) is 0 Å². The number of hydrogen-bond donors (Lipinski definition) is 2. The predicted molar refractivity (Wildman–Crippen MR) is 66.0 cm³/mol. The molecule has 0 spiro atoms. The minimum atomic E-state index is -0.875. The van der Waals surface area contributed by atoms with E-state index >= 15 is 0 Å². The average molecular weight is 316 g/mol. The highest BCUT2D eigenvalue weighted by Crippen LogP contribution is 2.24. The summed E-state index contributed by atoms with van der Waals surface area (Å²) in [4.78, 5) is 4.04. The number of aliphatic hydroxyl groups is 1. The molecule has 96 valence electrons. The molecule has 1 aromatic heterocycles. The fraction of sp³-hybridized carbons (Fsp3) is 0.273. The molecule has 1 heterocycles. The van der Waals surface area contributed by atoms with Gasteiger partial charge in [0.2, 0.25) is 5.82 Å². The van der Waals surface area contributed by atoms with E-state index in [2.05, 4.69) is 26.1 Å². The minimum Gasteiger partial charge on any atom is -0.383 e. The first-order chi connectivity index (χ1) is 8.61. The fourth-order valence-corrected chi connectivity index (χ4v) is 1.78. The van der Waals surface area contributed by atoms with Crippen molar-refractivity contribution in [1.29, 1.82) is 0 Å². The molecule has 0 saturated heterocycles. The number of hydrogen-bond acceptors (Lipinski definition) is 5. The topological polar surface area (TPSA) is 85.2 Å². The van der Waals surface area contributed by atoms with Crippen LogP contribution >= 0.6 is 15.9 Å². The van der Waals surface area contributed by atoms with Gasteiger partial charge in [-0.1, -0.05) is 5.16 Å². The molecule has 1 aromatic carbocycles. The lowest BCUT2D eigenvalue weighted by Crippen LogP contribution is -2.06. The van der Waals surface area contributed by atoms with Crippen LogP contribution in [0.5, 0.6) is 0 Å². The van der Waals surface area contributed by atoms with Gasteiger partial charge in [0.05, 0.1) is 4.47 Å². The van der Waals surface area contributed by atoms with Crippen LogP contribution in [-0.4, -0.2) is 21.8 Å². The van der Waals surface area contributed by atoms with Crippen LogP contribution in [0.2, 0.25) is 0 Å². The molecule has 1 atom stereocenters. The summed E-state index contributed by atoms with van der Waals surface area (Å²) in [5.41, 5.74) is 5.92. The van der Waals surface area contributed by atoms with Crippen molar-refractivity contribution in [2.24, 2.45) is 5.73 Å². The molecule has 0 bridgehead atoms. The average Bonchev–Trinajstić information content (AvgIpc) is 2.82. The Morgan fingerprint density at radius 3 is 2.94 bits per heavy atom. The van der Waals surface area contributed by atoms with Gasteiger partial charge < -0.3 is 15.4 Å². The van der Waals surface area contributed by atoms with Crippen LogP contribution in [0.25, 0.3) is 11.4 Å². The molecular formula is C11H11BrFN3O2. The second-order valence-electron chi connectivity index (χ2n) is 3.68. The number of aliphatic hydroxyl groups excluding tert-OH is 1. The molecule has 0 aliphatic rings. The third kappa shape index (κ3) is 2.74. The summed E-state index contributed by atoms with van der Waals surface area (Å²) < 4.78 is 18.3. The quantitative estimate of drug-likeness (QED) is 0.901. The summed E-state index contributed by atoms with van der Waals surface area (Å²) in [5, 5.41) is 13.4. The summed E-state index contributed by atoms with van der Waals surface area (Å²) >= 11 is 3.08. The van der Waals surface area contributed by atoms with Crippen molar-refractivity contribution in [3.05, 3.63) is 34.4 Å². The fourth-order valence-electron chi connectivity index (χ4n) is 1.40. The Morgan fingerprint density at radius 1 is 1.50 bits per heavy atom. The van der Waals surface area contributed by atoms with Gasteiger partial charge in [-0.05, 0) is 47.1 Å². The molecule has 0 radical (unpaired) electrons.